The molecule has 0 aromatic heterocycles. The van der Waals surface area contributed by atoms with Gasteiger partial charge in [-0.05, 0) is 37.8 Å². The number of carbonyl (C=O) groups excluding carboxylic acids is 2. The number of ether oxygens (including phenoxy) is 1. The van der Waals surface area contributed by atoms with Gasteiger partial charge in [0.1, 0.15) is 5.75 Å². The highest BCUT2D eigenvalue weighted by atomic mass is 16.5. The summed E-state index contributed by atoms with van der Waals surface area (Å²) in [7, 11) is 0. The van der Waals surface area contributed by atoms with E-state index in [0.717, 1.165) is 44.5 Å². The molecule has 1 saturated heterocycles. The summed E-state index contributed by atoms with van der Waals surface area (Å²) >= 11 is 0. The van der Waals surface area contributed by atoms with Gasteiger partial charge in [0.05, 0.1) is 13.0 Å². The van der Waals surface area contributed by atoms with Gasteiger partial charge in [0.15, 0.2) is 0 Å². The zero-order valence-corrected chi connectivity index (χ0v) is 14.8. The summed E-state index contributed by atoms with van der Waals surface area (Å²) in [6, 6.07) is 9.78. The second-order valence-corrected chi connectivity index (χ2v) is 7.06. The first-order valence-electron chi connectivity index (χ1n) is 9.48. The molecule has 0 radical (unpaired) electrons. The van der Waals surface area contributed by atoms with Crippen molar-refractivity contribution in [3.63, 3.8) is 0 Å². The van der Waals surface area contributed by atoms with Crippen molar-refractivity contribution in [3.05, 3.63) is 30.3 Å². The predicted molar refractivity (Wildman–Crippen MR) is 96.3 cm³/mol. The van der Waals surface area contributed by atoms with Crippen molar-refractivity contribution in [1.82, 2.24) is 10.2 Å². The van der Waals surface area contributed by atoms with Gasteiger partial charge < -0.3 is 15.0 Å². The molecule has 0 spiro atoms. The molecule has 136 valence electrons. The summed E-state index contributed by atoms with van der Waals surface area (Å²) in [4.78, 5) is 26.4. The van der Waals surface area contributed by atoms with E-state index >= 15 is 0 Å². The molecule has 2 amide bonds. The monoisotopic (exact) mass is 344 g/mol. The number of amides is 2. The Hall–Kier alpha value is -2.04. The molecule has 0 atom stereocenters. The molecule has 0 bridgehead atoms. The van der Waals surface area contributed by atoms with E-state index in [9.17, 15) is 9.59 Å². The molecule has 2 fully saturated rings. The zero-order chi connectivity index (χ0) is 17.5. The number of nitrogens with zero attached hydrogens (tertiary/aromatic N) is 1. The SMILES string of the molecule is O=C(NC1CCN(C(=O)CCOc2ccccc2)CC1)C1CCCC1. The molecular weight excluding hydrogens is 316 g/mol. The highest BCUT2D eigenvalue weighted by Crippen LogP contribution is 2.25. The Balaban J connectivity index is 1.33. The average molecular weight is 344 g/mol. The molecule has 1 heterocycles. The minimum atomic E-state index is 0.136. The molecule has 1 aliphatic carbocycles. The Kier molecular flexibility index (Phi) is 6.31. The Bertz CT molecular complexity index is 562. The van der Waals surface area contributed by atoms with E-state index in [2.05, 4.69) is 5.32 Å². The molecule has 5 nitrogen and oxygen atoms in total. The van der Waals surface area contributed by atoms with Crippen molar-refractivity contribution >= 4 is 11.8 Å². The minimum Gasteiger partial charge on any atom is -0.493 e. The van der Waals surface area contributed by atoms with Crippen LogP contribution in [0.3, 0.4) is 0 Å². The van der Waals surface area contributed by atoms with E-state index < -0.39 is 0 Å². The van der Waals surface area contributed by atoms with Crippen LogP contribution in [0.2, 0.25) is 0 Å². The average Bonchev–Trinajstić information content (AvgIpc) is 3.18. The summed E-state index contributed by atoms with van der Waals surface area (Å²) in [6.07, 6.45) is 6.52. The third-order valence-electron chi connectivity index (χ3n) is 5.25. The first-order valence-corrected chi connectivity index (χ1v) is 9.48. The number of nitrogens with one attached hydrogen (secondary N) is 1. The fourth-order valence-electron chi connectivity index (χ4n) is 3.71. The Labute approximate surface area is 149 Å². The lowest BCUT2D eigenvalue weighted by atomic mass is 10.0. The van der Waals surface area contributed by atoms with E-state index in [0.29, 0.717) is 13.0 Å². The molecular formula is C20H28N2O3. The number of para-hydroxylation sites is 1. The molecule has 1 saturated carbocycles. The molecule has 2 aliphatic rings. The van der Waals surface area contributed by atoms with Crippen LogP contribution in [0.25, 0.3) is 0 Å². The van der Waals surface area contributed by atoms with Crippen LogP contribution in [-0.2, 0) is 9.59 Å². The number of carbonyl (C=O) groups is 2. The van der Waals surface area contributed by atoms with E-state index in [4.69, 9.17) is 4.74 Å². The van der Waals surface area contributed by atoms with E-state index in [1.54, 1.807) is 0 Å². The fraction of sp³-hybridized carbons (Fsp3) is 0.600. The third-order valence-corrected chi connectivity index (χ3v) is 5.25. The van der Waals surface area contributed by atoms with Gasteiger partial charge in [-0.15, -0.1) is 0 Å². The summed E-state index contributed by atoms with van der Waals surface area (Å²) in [5.74, 6) is 1.37. The van der Waals surface area contributed by atoms with Crippen molar-refractivity contribution in [1.29, 1.82) is 0 Å². The summed E-state index contributed by atoms with van der Waals surface area (Å²) in [5, 5.41) is 3.18. The molecule has 3 rings (SSSR count). The zero-order valence-electron chi connectivity index (χ0n) is 14.8. The lowest BCUT2D eigenvalue weighted by Crippen LogP contribution is -2.47. The summed E-state index contributed by atoms with van der Waals surface area (Å²) in [5.41, 5.74) is 0. The minimum absolute atomic E-state index is 0.136. The maximum atomic E-state index is 12.3. The summed E-state index contributed by atoms with van der Waals surface area (Å²) < 4.78 is 5.59. The van der Waals surface area contributed by atoms with Crippen molar-refractivity contribution in [2.75, 3.05) is 19.7 Å². The van der Waals surface area contributed by atoms with Gasteiger partial charge in [-0.2, -0.15) is 0 Å². The van der Waals surface area contributed by atoms with Crippen molar-refractivity contribution in [2.45, 2.75) is 51.0 Å². The van der Waals surface area contributed by atoms with Gasteiger partial charge in [0, 0.05) is 25.0 Å². The third kappa shape index (κ3) is 5.21. The number of likely N-dealkylation sites (tertiary alicyclic amines) is 1. The smallest absolute Gasteiger partial charge is 0.225 e. The number of hydrogen-bond donors (Lipinski definition) is 1. The first kappa shape index (κ1) is 17.8. The molecule has 1 aromatic carbocycles. The second kappa shape index (κ2) is 8.88. The molecule has 5 heteroatoms. The van der Waals surface area contributed by atoms with Crippen LogP contribution in [0, 0.1) is 5.92 Å². The Morgan fingerprint density at radius 2 is 1.72 bits per heavy atom. The lowest BCUT2D eigenvalue weighted by molar-refractivity contribution is -0.133. The van der Waals surface area contributed by atoms with E-state index in [-0.39, 0.29) is 23.8 Å². The number of benzene rings is 1. The molecule has 1 aromatic rings. The van der Waals surface area contributed by atoms with Crippen molar-refractivity contribution in [3.8, 4) is 5.75 Å². The van der Waals surface area contributed by atoms with Crippen LogP contribution in [-0.4, -0.2) is 42.5 Å². The van der Waals surface area contributed by atoms with Gasteiger partial charge in [0.2, 0.25) is 11.8 Å². The van der Waals surface area contributed by atoms with Gasteiger partial charge in [-0.25, -0.2) is 0 Å². The first-order chi connectivity index (χ1) is 12.2. The van der Waals surface area contributed by atoms with Crippen LogP contribution in [0.1, 0.15) is 44.9 Å². The molecule has 1 aliphatic heterocycles. The number of rotatable bonds is 6. The van der Waals surface area contributed by atoms with Crippen LogP contribution < -0.4 is 10.1 Å². The normalized spacial score (nSPS) is 19.0. The van der Waals surface area contributed by atoms with Gasteiger partial charge in [0.25, 0.3) is 0 Å². The van der Waals surface area contributed by atoms with Crippen LogP contribution in [0.4, 0.5) is 0 Å². The van der Waals surface area contributed by atoms with Crippen LogP contribution in [0.15, 0.2) is 30.3 Å². The molecule has 25 heavy (non-hydrogen) atoms. The van der Waals surface area contributed by atoms with E-state index in [1.807, 2.05) is 35.2 Å². The standard InChI is InChI=1S/C20H28N2O3/c23-19(12-15-25-18-8-2-1-3-9-18)22-13-10-17(11-14-22)21-20(24)16-6-4-5-7-16/h1-3,8-9,16-17H,4-7,10-15H2,(H,21,24). The van der Waals surface area contributed by atoms with Gasteiger partial charge in [-0.1, -0.05) is 31.0 Å². The number of hydrogen-bond acceptors (Lipinski definition) is 3. The van der Waals surface area contributed by atoms with Crippen LogP contribution >= 0.6 is 0 Å². The Morgan fingerprint density at radius 1 is 1.04 bits per heavy atom. The largest absolute Gasteiger partial charge is 0.493 e. The second-order valence-electron chi connectivity index (χ2n) is 7.06. The highest BCUT2D eigenvalue weighted by molar-refractivity contribution is 5.79. The molecule has 1 N–H and O–H groups in total. The Morgan fingerprint density at radius 3 is 2.40 bits per heavy atom. The van der Waals surface area contributed by atoms with E-state index in [1.165, 1.54) is 12.8 Å². The fourth-order valence-corrected chi connectivity index (χ4v) is 3.71. The maximum absolute atomic E-state index is 12.3. The maximum Gasteiger partial charge on any atom is 0.225 e. The molecule has 0 unspecified atom stereocenters. The highest BCUT2D eigenvalue weighted by Gasteiger charge is 2.27. The lowest BCUT2D eigenvalue weighted by Gasteiger charge is -2.33. The van der Waals surface area contributed by atoms with Crippen LogP contribution in [0.5, 0.6) is 5.75 Å². The number of piperidine rings is 1. The summed E-state index contributed by atoms with van der Waals surface area (Å²) in [6.45, 7) is 1.85. The topological polar surface area (TPSA) is 58.6 Å². The quantitative estimate of drug-likeness (QED) is 0.863. The predicted octanol–water partition coefficient (Wildman–Crippen LogP) is 2.75. The van der Waals surface area contributed by atoms with Gasteiger partial charge >= 0.3 is 0 Å². The van der Waals surface area contributed by atoms with Gasteiger partial charge in [-0.3, -0.25) is 9.59 Å². The van der Waals surface area contributed by atoms with Crippen molar-refractivity contribution < 1.29 is 14.3 Å². The van der Waals surface area contributed by atoms with Crippen molar-refractivity contribution in [2.24, 2.45) is 5.92 Å².